The van der Waals surface area contributed by atoms with Gasteiger partial charge in [0.2, 0.25) is 10.0 Å². The van der Waals surface area contributed by atoms with Crippen molar-refractivity contribution in [3.63, 3.8) is 0 Å². The van der Waals surface area contributed by atoms with E-state index in [9.17, 15) is 17.6 Å². The molecule has 29 heavy (non-hydrogen) atoms. The number of nitrogens with one attached hydrogen (secondary N) is 2. The van der Waals surface area contributed by atoms with E-state index in [1.807, 2.05) is 18.7 Å². The number of benzene rings is 1. The fourth-order valence-corrected chi connectivity index (χ4v) is 4.78. The molecule has 0 aromatic heterocycles. The maximum Gasteiger partial charge on any atom is 0.321 e. The number of anilines is 2. The van der Waals surface area contributed by atoms with E-state index >= 15 is 0 Å². The Labute approximate surface area is 171 Å². The Kier molecular flexibility index (Phi) is 6.65. The second-order valence-corrected chi connectivity index (χ2v) is 9.71. The molecule has 1 aromatic rings. The molecule has 0 aliphatic carbocycles. The Morgan fingerprint density at radius 2 is 1.90 bits per heavy atom. The highest BCUT2D eigenvalue weighted by molar-refractivity contribution is 7.88. The standard InChI is InChI=1S/C19H29FN4O4S/c1-13-10-24(11-14(2)28-13)18-7-6-15(9-17(18)20)21-19(25)23-8-4-5-16(12-23)22-29(3,26)27/h6-7,9,13-14,16,22H,4-5,8,10-12H2,1-3H3,(H,21,25). The van der Waals surface area contributed by atoms with Gasteiger partial charge in [0.25, 0.3) is 0 Å². The molecule has 0 spiro atoms. The summed E-state index contributed by atoms with van der Waals surface area (Å²) in [6.07, 6.45) is 2.51. The molecule has 3 atom stereocenters. The van der Waals surface area contributed by atoms with Crippen LogP contribution in [0, 0.1) is 5.82 Å². The Balaban J connectivity index is 1.63. The minimum absolute atomic E-state index is 0.0186. The number of nitrogens with zero attached hydrogens (tertiary/aromatic N) is 2. The van der Waals surface area contributed by atoms with Crippen LogP contribution in [0.5, 0.6) is 0 Å². The minimum Gasteiger partial charge on any atom is -0.372 e. The lowest BCUT2D eigenvalue weighted by Gasteiger charge is -2.37. The van der Waals surface area contributed by atoms with Gasteiger partial charge in [-0.2, -0.15) is 0 Å². The largest absolute Gasteiger partial charge is 0.372 e. The zero-order chi connectivity index (χ0) is 21.2. The van der Waals surface area contributed by atoms with E-state index in [1.54, 1.807) is 17.0 Å². The van der Waals surface area contributed by atoms with Gasteiger partial charge in [0.1, 0.15) is 5.82 Å². The molecule has 8 nitrogen and oxygen atoms in total. The van der Waals surface area contributed by atoms with Gasteiger partial charge in [-0.25, -0.2) is 22.3 Å². The lowest BCUT2D eigenvalue weighted by molar-refractivity contribution is -0.00539. The molecular formula is C19H29FN4O4S. The van der Waals surface area contributed by atoms with E-state index in [4.69, 9.17) is 4.74 Å². The average molecular weight is 429 g/mol. The number of amides is 2. The van der Waals surface area contributed by atoms with Crippen LogP contribution in [0.3, 0.4) is 0 Å². The predicted molar refractivity (Wildman–Crippen MR) is 110 cm³/mol. The van der Waals surface area contributed by atoms with E-state index in [0.29, 0.717) is 43.9 Å². The Hall–Kier alpha value is -1.91. The number of halogens is 1. The maximum atomic E-state index is 14.7. The number of carbonyl (C=O) groups excluding carboxylic acids is 1. The van der Waals surface area contributed by atoms with Crippen LogP contribution in [-0.2, 0) is 14.8 Å². The smallest absolute Gasteiger partial charge is 0.321 e. The van der Waals surface area contributed by atoms with Gasteiger partial charge in [-0.15, -0.1) is 0 Å². The van der Waals surface area contributed by atoms with Crippen LogP contribution < -0.4 is 14.9 Å². The Morgan fingerprint density at radius 1 is 1.21 bits per heavy atom. The molecule has 2 heterocycles. The molecule has 0 bridgehead atoms. The number of morpholine rings is 1. The number of carbonyl (C=O) groups is 1. The molecule has 2 amide bonds. The second-order valence-electron chi connectivity index (χ2n) is 7.93. The molecule has 2 aliphatic heterocycles. The minimum atomic E-state index is -3.33. The van der Waals surface area contributed by atoms with Gasteiger partial charge in [-0.3, -0.25) is 0 Å². The summed E-state index contributed by atoms with van der Waals surface area (Å²) >= 11 is 0. The van der Waals surface area contributed by atoms with Crippen molar-refractivity contribution >= 4 is 27.4 Å². The van der Waals surface area contributed by atoms with Crippen LogP contribution in [0.25, 0.3) is 0 Å². The normalized spacial score (nSPS) is 25.7. The fourth-order valence-electron chi connectivity index (χ4n) is 3.98. The summed E-state index contributed by atoms with van der Waals surface area (Å²) in [5, 5.41) is 2.71. The van der Waals surface area contributed by atoms with Crippen molar-refractivity contribution in [3.05, 3.63) is 24.0 Å². The van der Waals surface area contributed by atoms with Crippen LogP contribution >= 0.6 is 0 Å². The van der Waals surface area contributed by atoms with Crippen LogP contribution in [0.4, 0.5) is 20.6 Å². The van der Waals surface area contributed by atoms with Gasteiger partial charge < -0.3 is 19.9 Å². The van der Waals surface area contributed by atoms with E-state index in [0.717, 1.165) is 6.26 Å². The van der Waals surface area contributed by atoms with Crippen molar-refractivity contribution in [2.75, 3.05) is 42.7 Å². The lowest BCUT2D eigenvalue weighted by Crippen LogP contribution is -2.50. The Bertz CT molecular complexity index is 841. The number of piperidine rings is 1. The maximum absolute atomic E-state index is 14.7. The van der Waals surface area contributed by atoms with Crippen molar-refractivity contribution in [2.24, 2.45) is 0 Å². The van der Waals surface area contributed by atoms with Crippen LogP contribution in [0.15, 0.2) is 18.2 Å². The van der Waals surface area contributed by atoms with E-state index in [1.165, 1.54) is 6.07 Å². The summed E-state index contributed by atoms with van der Waals surface area (Å²) in [5.41, 5.74) is 0.851. The molecule has 0 saturated carbocycles. The van der Waals surface area contributed by atoms with Crippen LogP contribution in [-0.4, -0.2) is 70.0 Å². The molecule has 3 rings (SSSR count). The van der Waals surface area contributed by atoms with Gasteiger partial charge in [-0.05, 0) is 44.9 Å². The molecule has 2 saturated heterocycles. The third-order valence-electron chi connectivity index (χ3n) is 5.05. The highest BCUT2D eigenvalue weighted by Crippen LogP contribution is 2.26. The second kappa shape index (κ2) is 8.85. The Morgan fingerprint density at radius 3 is 2.52 bits per heavy atom. The van der Waals surface area contributed by atoms with Crippen molar-refractivity contribution < 1.29 is 22.3 Å². The molecule has 10 heteroatoms. The number of sulfonamides is 1. The summed E-state index contributed by atoms with van der Waals surface area (Å²) in [7, 11) is -3.33. The van der Waals surface area contributed by atoms with Crippen molar-refractivity contribution in [1.29, 1.82) is 0 Å². The lowest BCUT2D eigenvalue weighted by atomic mass is 10.1. The molecule has 0 radical (unpaired) electrons. The topological polar surface area (TPSA) is 91.0 Å². The van der Waals surface area contributed by atoms with Crippen LogP contribution in [0.2, 0.25) is 0 Å². The van der Waals surface area contributed by atoms with Gasteiger partial charge in [-0.1, -0.05) is 0 Å². The van der Waals surface area contributed by atoms with E-state index < -0.39 is 15.8 Å². The summed E-state index contributed by atoms with van der Waals surface area (Å²) in [4.78, 5) is 16.0. The van der Waals surface area contributed by atoms with Crippen molar-refractivity contribution in [3.8, 4) is 0 Å². The number of ether oxygens (including phenoxy) is 1. The summed E-state index contributed by atoms with van der Waals surface area (Å²) in [5.74, 6) is -0.403. The first-order valence-corrected chi connectivity index (χ1v) is 11.7. The number of hydrogen-bond donors (Lipinski definition) is 2. The molecule has 2 aliphatic rings. The molecular weight excluding hydrogens is 399 g/mol. The zero-order valence-electron chi connectivity index (χ0n) is 17.0. The number of likely N-dealkylation sites (tertiary alicyclic amines) is 1. The molecule has 3 unspecified atom stereocenters. The molecule has 2 N–H and O–H groups in total. The first-order valence-electron chi connectivity index (χ1n) is 9.84. The zero-order valence-corrected chi connectivity index (χ0v) is 17.8. The summed E-state index contributed by atoms with van der Waals surface area (Å²) in [6.45, 7) is 5.94. The monoisotopic (exact) mass is 428 g/mol. The third-order valence-corrected chi connectivity index (χ3v) is 5.81. The summed E-state index contributed by atoms with van der Waals surface area (Å²) < 4.78 is 45.8. The SMILES string of the molecule is CC1CN(c2ccc(NC(=O)N3CCCC(NS(C)(=O)=O)C3)cc2F)CC(C)O1. The number of rotatable bonds is 4. The fraction of sp³-hybridized carbons (Fsp3) is 0.632. The first kappa shape index (κ1) is 21.8. The molecule has 1 aromatic carbocycles. The molecule has 2 fully saturated rings. The highest BCUT2D eigenvalue weighted by Gasteiger charge is 2.27. The number of hydrogen-bond acceptors (Lipinski definition) is 5. The van der Waals surface area contributed by atoms with Gasteiger partial charge in [0.15, 0.2) is 0 Å². The van der Waals surface area contributed by atoms with Gasteiger partial charge >= 0.3 is 6.03 Å². The number of urea groups is 1. The third kappa shape index (κ3) is 6.03. The highest BCUT2D eigenvalue weighted by atomic mass is 32.2. The van der Waals surface area contributed by atoms with E-state index in [-0.39, 0.29) is 30.8 Å². The van der Waals surface area contributed by atoms with Crippen molar-refractivity contribution in [2.45, 2.75) is 44.9 Å². The predicted octanol–water partition coefficient (Wildman–Crippen LogP) is 1.98. The van der Waals surface area contributed by atoms with Crippen LogP contribution in [0.1, 0.15) is 26.7 Å². The van der Waals surface area contributed by atoms with Crippen molar-refractivity contribution in [1.82, 2.24) is 9.62 Å². The molecule has 162 valence electrons. The van der Waals surface area contributed by atoms with E-state index in [2.05, 4.69) is 10.0 Å². The average Bonchev–Trinajstić information content (AvgIpc) is 2.59. The van der Waals surface area contributed by atoms with Gasteiger partial charge in [0, 0.05) is 37.9 Å². The quantitative estimate of drug-likeness (QED) is 0.765. The first-order chi connectivity index (χ1) is 13.6. The van der Waals surface area contributed by atoms with Gasteiger partial charge in [0.05, 0.1) is 24.2 Å². The summed E-state index contributed by atoms with van der Waals surface area (Å²) in [6, 6.07) is 3.98.